The first kappa shape index (κ1) is 25.0. The van der Waals surface area contributed by atoms with Crippen LogP contribution in [0.25, 0.3) is 11.3 Å². The summed E-state index contributed by atoms with van der Waals surface area (Å²) in [6, 6.07) is 23.3. The summed E-state index contributed by atoms with van der Waals surface area (Å²) in [6.45, 7) is 5.61. The first-order chi connectivity index (χ1) is 18.2. The van der Waals surface area contributed by atoms with Crippen LogP contribution in [-0.4, -0.2) is 23.4 Å². The fraction of sp³-hybridized carbons (Fsp3) is 0.107. The van der Waals surface area contributed by atoms with Gasteiger partial charge in [0.1, 0.15) is 29.4 Å². The van der Waals surface area contributed by atoms with Crippen molar-refractivity contribution in [3.63, 3.8) is 0 Å². The van der Waals surface area contributed by atoms with E-state index < -0.39 is 10.0 Å². The average Bonchev–Trinajstić information content (AvgIpc) is 3.32. The number of oxazole rings is 1. The molecule has 0 fully saturated rings. The van der Waals surface area contributed by atoms with Crippen LogP contribution in [0.2, 0.25) is 0 Å². The molecule has 0 saturated heterocycles. The van der Waals surface area contributed by atoms with Gasteiger partial charge in [-0.1, -0.05) is 29.8 Å². The molecule has 0 spiro atoms. The number of anilines is 5. The Kier molecular flexibility index (Phi) is 6.80. The van der Waals surface area contributed by atoms with Gasteiger partial charge >= 0.3 is 0 Å². The maximum atomic E-state index is 12.9. The van der Waals surface area contributed by atoms with Crippen LogP contribution in [0.3, 0.4) is 0 Å². The van der Waals surface area contributed by atoms with Crippen LogP contribution in [0.5, 0.6) is 0 Å². The zero-order valence-corrected chi connectivity index (χ0v) is 21.9. The number of rotatable bonds is 8. The van der Waals surface area contributed by atoms with E-state index in [0.29, 0.717) is 34.7 Å². The molecule has 0 aliphatic rings. The zero-order chi connectivity index (χ0) is 26.7. The highest BCUT2D eigenvalue weighted by Crippen LogP contribution is 2.25. The first-order valence-corrected chi connectivity index (χ1v) is 13.3. The molecule has 0 aliphatic carbocycles. The second kappa shape index (κ2) is 10.3. The standard InChI is InChI=1S/C28H26N6O3S/c1-18-4-8-22(9-5-18)32-27-16-28(30-19(2)29-27)33-23-10-12-24(13-11-23)34-38(35,36)25-14-6-21(7-15-25)26-17-37-20(3)31-26/h4-17,34H,1-3H3,(H2,29,30,32,33). The van der Waals surface area contributed by atoms with E-state index >= 15 is 0 Å². The van der Waals surface area contributed by atoms with Crippen LogP contribution < -0.4 is 15.4 Å². The Hall–Kier alpha value is -4.70. The molecule has 38 heavy (non-hydrogen) atoms. The quantitative estimate of drug-likeness (QED) is 0.214. The van der Waals surface area contributed by atoms with Crippen LogP contribution in [0.4, 0.5) is 28.7 Å². The molecule has 0 radical (unpaired) electrons. The summed E-state index contributed by atoms with van der Waals surface area (Å²) < 4.78 is 33.6. The molecule has 5 aromatic rings. The fourth-order valence-corrected chi connectivity index (χ4v) is 4.82. The predicted molar refractivity (Wildman–Crippen MR) is 148 cm³/mol. The number of nitrogens with zero attached hydrogens (tertiary/aromatic N) is 3. The van der Waals surface area contributed by atoms with E-state index in [4.69, 9.17) is 4.42 Å². The molecule has 2 aromatic heterocycles. The molecule has 0 aliphatic heterocycles. The number of nitrogens with one attached hydrogen (secondary N) is 3. The fourth-order valence-electron chi connectivity index (χ4n) is 3.76. The van der Waals surface area contributed by atoms with E-state index in [1.165, 1.54) is 24.0 Å². The van der Waals surface area contributed by atoms with Gasteiger partial charge in [0.05, 0.1) is 4.90 Å². The monoisotopic (exact) mass is 526 g/mol. The van der Waals surface area contributed by atoms with Crippen LogP contribution >= 0.6 is 0 Å². The topological polar surface area (TPSA) is 122 Å². The Morgan fingerprint density at radius 2 is 1.24 bits per heavy atom. The third kappa shape index (κ3) is 5.98. The number of hydrogen-bond acceptors (Lipinski definition) is 8. The summed E-state index contributed by atoms with van der Waals surface area (Å²) in [5.41, 5.74) is 4.72. The summed E-state index contributed by atoms with van der Waals surface area (Å²) in [5, 5.41) is 6.53. The minimum absolute atomic E-state index is 0.147. The van der Waals surface area contributed by atoms with Crippen LogP contribution in [0, 0.1) is 20.8 Å². The second-order valence-corrected chi connectivity index (χ2v) is 10.4. The lowest BCUT2D eigenvalue weighted by atomic mass is 10.2. The van der Waals surface area contributed by atoms with Crippen molar-refractivity contribution in [3.8, 4) is 11.3 Å². The number of aryl methyl sites for hydroxylation is 3. The Balaban J connectivity index is 1.25. The van der Waals surface area contributed by atoms with Crippen molar-refractivity contribution in [3.05, 3.63) is 102 Å². The van der Waals surface area contributed by atoms with Gasteiger partial charge in [0.2, 0.25) is 0 Å². The van der Waals surface area contributed by atoms with E-state index in [2.05, 4.69) is 30.3 Å². The van der Waals surface area contributed by atoms with Crippen LogP contribution in [0.15, 0.2) is 94.4 Å². The Morgan fingerprint density at radius 1 is 0.684 bits per heavy atom. The lowest BCUT2D eigenvalue weighted by molar-refractivity contribution is 0.521. The minimum Gasteiger partial charge on any atom is -0.449 e. The van der Waals surface area contributed by atoms with Crippen molar-refractivity contribution in [2.45, 2.75) is 25.7 Å². The van der Waals surface area contributed by atoms with E-state index in [9.17, 15) is 8.42 Å². The summed E-state index contributed by atoms with van der Waals surface area (Å²) in [7, 11) is -3.77. The normalized spacial score (nSPS) is 11.2. The molecular weight excluding hydrogens is 500 g/mol. The Bertz CT molecular complexity index is 1660. The lowest BCUT2D eigenvalue weighted by Gasteiger charge is -2.12. The number of aromatic nitrogens is 3. The van der Waals surface area contributed by atoms with Gasteiger partial charge in [-0.3, -0.25) is 4.72 Å². The highest BCUT2D eigenvalue weighted by atomic mass is 32.2. The van der Waals surface area contributed by atoms with Crippen molar-refractivity contribution < 1.29 is 12.8 Å². The summed E-state index contributed by atoms with van der Waals surface area (Å²) in [6.07, 6.45) is 1.54. The molecular formula is C28H26N6O3S. The number of benzene rings is 3. The van der Waals surface area contributed by atoms with E-state index in [-0.39, 0.29) is 4.90 Å². The minimum atomic E-state index is -3.77. The zero-order valence-electron chi connectivity index (χ0n) is 21.1. The molecule has 192 valence electrons. The van der Waals surface area contributed by atoms with Crippen molar-refractivity contribution in [2.24, 2.45) is 0 Å². The molecule has 0 atom stereocenters. The van der Waals surface area contributed by atoms with Crippen molar-refractivity contribution in [1.29, 1.82) is 0 Å². The van der Waals surface area contributed by atoms with Gasteiger partial charge in [0.15, 0.2) is 5.89 Å². The first-order valence-electron chi connectivity index (χ1n) is 11.9. The van der Waals surface area contributed by atoms with Crippen LogP contribution in [0.1, 0.15) is 17.3 Å². The van der Waals surface area contributed by atoms with Gasteiger partial charge in [0.25, 0.3) is 10.0 Å². The van der Waals surface area contributed by atoms with Gasteiger partial charge in [-0.05, 0) is 62.4 Å². The second-order valence-electron chi connectivity index (χ2n) is 8.76. The maximum absolute atomic E-state index is 12.9. The number of hydrogen-bond donors (Lipinski definition) is 3. The lowest BCUT2D eigenvalue weighted by Crippen LogP contribution is -2.12. The molecule has 3 N–H and O–H groups in total. The third-order valence-electron chi connectivity index (χ3n) is 5.65. The largest absolute Gasteiger partial charge is 0.449 e. The molecule has 10 heteroatoms. The van der Waals surface area contributed by atoms with Gasteiger partial charge in [0, 0.05) is 35.6 Å². The summed E-state index contributed by atoms with van der Waals surface area (Å²) >= 11 is 0. The Labute approximate surface area is 221 Å². The summed E-state index contributed by atoms with van der Waals surface area (Å²) in [4.78, 5) is 13.3. The smallest absolute Gasteiger partial charge is 0.261 e. The predicted octanol–water partition coefficient (Wildman–Crippen LogP) is 6.34. The van der Waals surface area contributed by atoms with E-state index in [0.717, 1.165) is 16.9 Å². The van der Waals surface area contributed by atoms with Crippen molar-refractivity contribution in [1.82, 2.24) is 15.0 Å². The molecule has 3 aromatic carbocycles. The molecule has 0 unspecified atom stereocenters. The average molecular weight is 527 g/mol. The third-order valence-corrected chi connectivity index (χ3v) is 7.05. The molecule has 9 nitrogen and oxygen atoms in total. The molecule has 2 heterocycles. The van der Waals surface area contributed by atoms with Gasteiger partial charge in [-0.15, -0.1) is 0 Å². The highest BCUT2D eigenvalue weighted by Gasteiger charge is 2.15. The SMILES string of the molecule is Cc1ccc(Nc2cc(Nc3ccc(NS(=O)(=O)c4ccc(-c5coc(C)n5)cc4)cc3)nc(C)n2)cc1. The number of sulfonamides is 1. The van der Waals surface area contributed by atoms with Crippen molar-refractivity contribution in [2.75, 3.05) is 15.4 Å². The maximum Gasteiger partial charge on any atom is 0.261 e. The van der Waals surface area contributed by atoms with Gasteiger partial charge < -0.3 is 15.1 Å². The Morgan fingerprint density at radius 3 is 1.79 bits per heavy atom. The van der Waals surface area contributed by atoms with E-state index in [1.807, 2.05) is 44.2 Å². The molecule has 0 saturated carbocycles. The molecule has 0 bridgehead atoms. The van der Waals surface area contributed by atoms with Gasteiger partial charge in [-0.2, -0.15) is 0 Å². The van der Waals surface area contributed by atoms with Crippen LogP contribution in [-0.2, 0) is 10.0 Å². The summed E-state index contributed by atoms with van der Waals surface area (Å²) in [5.74, 6) is 2.44. The highest BCUT2D eigenvalue weighted by molar-refractivity contribution is 7.92. The molecule has 0 amide bonds. The van der Waals surface area contributed by atoms with E-state index in [1.54, 1.807) is 43.3 Å². The molecule has 5 rings (SSSR count). The van der Waals surface area contributed by atoms with Crippen molar-refractivity contribution >= 4 is 38.7 Å². The van der Waals surface area contributed by atoms with Gasteiger partial charge in [-0.25, -0.2) is 23.4 Å².